The molecule has 25 heavy (non-hydrogen) atoms. The molecule has 132 valence electrons. The molecule has 0 N–H and O–H groups in total. The predicted molar refractivity (Wildman–Crippen MR) is 89.5 cm³/mol. The molecule has 0 radical (unpaired) electrons. The van der Waals surface area contributed by atoms with Crippen LogP contribution in [0, 0.1) is 5.21 Å². The highest BCUT2D eigenvalue weighted by molar-refractivity contribution is 6.35. The van der Waals surface area contributed by atoms with Gasteiger partial charge in [-0.1, -0.05) is 29.3 Å². The van der Waals surface area contributed by atoms with Crippen LogP contribution in [0.15, 0.2) is 30.6 Å². The Labute approximate surface area is 151 Å². The van der Waals surface area contributed by atoms with Gasteiger partial charge in [0.1, 0.15) is 15.7 Å². The maximum absolute atomic E-state index is 13.0. The molecule has 0 aromatic carbocycles. The fourth-order valence-electron chi connectivity index (χ4n) is 2.63. The van der Waals surface area contributed by atoms with Gasteiger partial charge in [-0.3, -0.25) is 0 Å². The van der Waals surface area contributed by atoms with Gasteiger partial charge in [-0.05, 0) is 24.5 Å². The van der Waals surface area contributed by atoms with Gasteiger partial charge in [0, 0.05) is 11.6 Å². The highest BCUT2D eigenvalue weighted by Gasteiger charge is 2.17. The van der Waals surface area contributed by atoms with Crippen LogP contribution in [-0.4, -0.2) is 16.7 Å². The second-order valence-electron chi connectivity index (χ2n) is 5.36. The van der Waals surface area contributed by atoms with Crippen LogP contribution in [-0.2, 0) is 12.8 Å². The maximum Gasteiger partial charge on any atom is 0.282 e. The molecule has 0 saturated heterocycles. The van der Waals surface area contributed by atoms with E-state index in [-0.39, 0.29) is 15.7 Å². The van der Waals surface area contributed by atoms with Crippen molar-refractivity contribution < 1.29 is 18.2 Å². The first-order valence-corrected chi connectivity index (χ1v) is 8.06. The van der Waals surface area contributed by atoms with E-state index in [0.717, 1.165) is 5.56 Å². The average molecular weight is 388 g/mol. The Morgan fingerprint density at radius 3 is 2.52 bits per heavy atom. The van der Waals surface area contributed by atoms with Crippen molar-refractivity contribution in [1.29, 1.82) is 0 Å². The normalized spacial score (nSPS) is 11.4. The lowest BCUT2D eigenvalue weighted by atomic mass is 10.0. The smallest absolute Gasteiger partial charge is 0.282 e. The summed E-state index contributed by atoms with van der Waals surface area (Å²) in [7, 11) is 1.44. The first-order chi connectivity index (χ1) is 11.9. The summed E-state index contributed by atoms with van der Waals surface area (Å²) in [6, 6.07) is 4.77. The van der Waals surface area contributed by atoms with Crippen LogP contribution in [0.1, 0.15) is 23.2 Å². The molecule has 9 heteroatoms. The molecule has 0 spiro atoms. The predicted octanol–water partition coefficient (Wildman–Crippen LogP) is 4.01. The fourth-order valence-corrected chi connectivity index (χ4v) is 3.26. The van der Waals surface area contributed by atoms with E-state index >= 15 is 0 Å². The summed E-state index contributed by atoms with van der Waals surface area (Å²) in [5.41, 5.74) is 1.61. The summed E-state index contributed by atoms with van der Waals surface area (Å²) < 4.78 is 33.0. The number of hydrogen-bond donors (Lipinski definition) is 0. The lowest BCUT2D eigenvalue weighted by molar-refractivity contribution is -0.605. The molecule has 0 aliphatic heterocycles. The first-order valence-electron chi connectivity index (χ1n) is 7.31. The fraction of sp³-hybridized carbons (Fsp3) is 0.250. The molecule has 3 aromatic rings. The summed E-state index contributed by atoms with van der Waals surface area (Å²) in [6.07, 6.45) is 0.683. The molecule has 3 heterocycles. The van der Waals surface area contributed by atoms with Crippen molar-refractivity contribution in [2.24, 2.45) is 0 Å². The number of nitrogens with zero attached hydrogens (tertiary/aromatic N) is 3. The van der Waals surface area contributed by atoms with Crippen molar-refractivity contribution in [3.63, 3.8) is 0 Å². The van der Waals surface area contributed by atoms with Gasteiger partial charge in [-0.25, -0.2) is 13.3 Å². The number of rotatable bonds is 5. The number of pyridine rings is 2. The molecular weight excluding hydrogens is 375 g/mol. The summed E-state index contributed by atoms with van der Waals surface area (Å²) in [4.78, 5) is 0. The van der Waals surface area contributed by atoms with Crippen LogP contribution < -0.4 is 9.47 Å². The Morgan fingerprint density at radius 2 is 1.92 bits per heavy atom. The molecule has 5 nitrogen and oxygen atoms in total. The second kappa shape index (κ2) is 7.01. The van der Waals surface area contributed by atoms with Crippen molar-refractivity contribution in [2.75, 3.05) is 7.11 Å². The van der Waals surface area contributed by atoms with E-state index in [1.54, 1.807) is 12.1 Å². The zero-order valence-corrected chi connectivity index (χ0v) is 14.6. The van der Waals surface area contributed by atoms with Gasteiger partial charge >= 0.3 is 0 Å². The minimum atomic E-state index is -2.68. The molecule has 0 aliphatic carbocycles. The molecule has 3 rings (SSSR count). The van der Waals surface area contributed by atoms with E-state index < -0.39 is 6.43 Å². The average Bonchev–Trinajstić information content (AvgIpc) is 2.99. The number of fused-ring (bicyclic) bond motifs is 1. The maximum atomic E-state index is 13.0. The Bertz CT molecular complexity index is 908. The Balaban J connectivity index is 1.97. The minimum absolute atomic E-state index is 0.258. The Morgan fingerprint density at radius 1 is 1.24 bits per heavy atom. The molecular formula is C16H13Cl2F2N3O2. The molecule has 0 amide bonds. The van der Waals surface area contributed by atoms with Gasteiger partial charge in [0.25, 0.3) is 6.43 Å². The highest BCUT2D eigenvalue weighted by atomic mass is 35.5. The number of halogens is 4. The van der Waals surface area contributed by atoms with Gasteiger partial charge in [-0.2, -0.15) is 9.83 Å². The zero-order valence-electron chi connectivity index (χ0n) is 13.0. The number of hydrogen-bond acceptors (Lipinski definition) is 3. The summed E-state index contributed by atoms with van der Waals surface area (Å²) >= 11 is 12.1. The second-order valence-corrected chi connectivity index (χ2v) is 6.17. The van der Waals surface area contributed by atoms with Crippen LogP contribution in [0.4, 0.5) is 8.78 Å². The van der Waals surface area contributed by atoms with Gasteiger partial charge < -0.3 is 9.94 Å². The zero-order chi connectivity index (χ0) is 18.1. The molecule has 0 atom stereocenters. The van der Waals surface area contributed by atoms with Gasteiger partial charge in [0.05, 0.1) is 12.6 Å². The monoisotopic (exact) mass is 387 g/mol. The summed E-state index contributed by atoms with van der Waals surface area (Å²) in [5.74, 6) is 0.355. The Kier molecular flexibility index (Phi) is 4.96. The van der Waals surface area contributed by atoms with Crippen LogP contribution in [0.5, 0.6) is 5.88 Å². The van der Waals surface area contributed by atoms with E-state index in [1.807, 2.05) is 0 Å². The molecule has 0 unspecified atom stereocenters. The molecule has 0 saturated carbocycles. The molecule has 3 aromatic heterocycles. The number of alkyl halides is 2. The number of methoxy groups -OCH3 is 1. The third kappa shape index (κ3) is 3.48. The molecule has 0 fully saturated rings. The third-order valence-corrected chi connectivity index (χ3v) is 4.48. The Hall–Kier alpha value is -2.12. The first kappa shape index (κ1) is 17.7. The third-order valence-electron chi connectivity index (χ3n) is 3.83. The lowest BCUT2D eigenvalue weighted by Gasteiger charge is -2.09. The van der Waals surface area contributed by atoms with Crippen LogP contribution in [0.25, 0.3) is 5.52 Å². The van der Waals surface area contributed by atoms with E-state index in [2.05, 4.69) is 5.10 Å². The lowest BCUT2D eigenvalue weighted by Crippen LogP contribution is -2.25. The van der Waals surface area contributed by atoms with Gasteiger partial charge in [0.15, 0.2) is 12.4 Å². The van der Waals surface area contributed by atoms with Crippen molar-refractivity contribution in [3.8, 4) is 5.88 Å². The van der Waals surface area contributed by atoms with E-state index in [9.17, 15) is 14.0 Å². The summed E-state index contributed by atoms with van der Waals surface area (Å²) in [6.45, 7) is 0. The van der Waals surface area contributed by atoms with E-state index in [4.69, 9.17) is 27.9 Å². The minimum Gasteiger partial charge on any atom is -0.619 e. The van der Waals surface area contributed by atoms with Crippen LogP contribution in [0.3, 0.4) is 0 Å². The van der Waals surface area contributed by atoms with Gasteiger partial charge in [-0.15, -0.1) is 0 Å². The van der Waals surface area contributed by atoms with Crippen molar-refractivity contribution >= 4 is 28.7 Å². The summed E-state index contributed by atoms with van der Waals surface area (Å²) in [5, 5.41) is 15.7. The quantitative estimate of drug-likeness (QED) is 0.490. The van der Waals surface area contributed by atoms with E-state index in [0.29, 0.717) is 34.5 Å². The number of aryl methyl sites for hydroxylation is 1. The van der Waals surface area contributed by atoms with Crippen molar-refractivity contribution in [3.05, 3.63) is 62.7 Å². The van der Waals surface area contributed by atoms with Gasteiger partial charge in [0.2, 0.25) is 5.88 Å². The molecule has 0 aliphatic rings. The SMILES string of the molecule is COc1ccc(CCc2c(Cl)c[n+]([O-])cc2Cl)c2cc(C(F)F)nn12. The number of ether oxygens (including phenoxy) is 1. The topological polar surface area (TPSA) is 53.5 Å². The van der Waals surface area contributed by atoms with Crippen molar-refractivity contribution in [1.82, 2.24) is 9.61 Å². The van der Waals surface area contributed by atoms with Crippen LogP contribution in [0.2, 0.25) is 10.0 Å². The van der Waals surface area contributed by atoms with Crippen LogP contribution >= 0.6 is 23.2 Å². The molecule has 0 bridgehead atoms. The highest BCUT2D eigenvalue weighted by Crippen LogP contribution is 2.28. The van der Waals surface area contributed by atoms with E-state index in [1.165, 1.54) is 30.1 Å². The number of aromatic nitrogens is 3. The standard InChI is InChI=1S/C16H13Cl2F2N3O2/c1-25-15-5-3-9(14-6-13(16(19)20)21-23(14)15)2-4-10-11(17)7-22(24)8-12(10)18/h3,5-8,16H,2,4H2,1H3. The largest absolute Gasteiger partial charge is 0.619 e. The van der Waals surface area contributed by atoms with Crippen molar-refractivity contribution in [2.45, 2.75) is 19.3 Å².